The van der Waals surface area contributed by atoms with Gasteiger partial charge in [-0.05, 0) is 25.0 Å². The van der Waals surface area contributed by atoms with Crippen LogP contribution in [0.1, 0.15) is 31.1 Å². The Hall–Kier alpha value is -1.68. The summed E-state index contributed by atoms with van der Waals surface area (Å²) in [6.45, 7) is 4.62. The van der Waals surface area contributed by atoms with Gasteiger partial charge in [0.1, 0.15) is 11.6 Å². The van der Waals surface area contributed by atoms with Gasteiger partial charge in [-0.1, -0.05) is 25.1 Å². The molecule has 1 aromatic carbocycles. The van der Waals surface area contributed by atoms with E-state index in [-0.39, 0.29) is 11.9 Å². The Morgan fingerprint density at radius 1 is 1.37 bits per heavy atom. The van der Waals surface area contributed by atoms with E-state index in [1.54, 1.807) is 12.3 Å². The quantitative estimate of drug-likeness (QED) is 0.869. The van der Waals surface area contributed by atoms with Crippen LogP contribution in [0.25, 0.3) is 0 Å². The fourth-order valence-corrected chi connectivity index (χ4v) is 1.92. The Bertz CT molecular complexity index is 524. The monoisotopic (exact) mass is 262 g/mol. The number of aromatic nitrogens is 1. The second kappa shape index (κ2) is 6.48. The number of hydrogen-bond donors (Lipinski definition) is 1. The van der Waals surface area contributed by atoms with Gasteiger partial charge in [0.25, 0.3) is 0 Å². The molecule has 1 aromatic heterocycles. The van der Waals surface area contributed by atoms with Gasteiger partial charge in [-0.25, -0.2) is 9.37 Å². The van der Waals surface area contributed by atoms with E-state index in [2.05, 4.69) is 10.3 Å². The molecule has 0 bridgehead atoms. The van der Waals surface area contributed by atoms with Gasteiger partial charge in [0.2, 0.25) is 5.89 Å². The highest BCUT2D eigenvalue weighted by Crippen LogP contribution is 2.10. The molecule has 0 saturated heterocycles. The van der Waals surface area contributed by atoms with Crippen molar-refractivity contribution in [2.24, 2.45) is 0 Å². The van der Waals surface area contributed by atoms with Gasteiger partial charge in [0.15, 0.2) is 0 Å². The summed E-state index contributed by atoms with van der Waals surface area (Å²) in [6.07, 6.45) is 3.24. The van der Waals surface area contributed by atoms with Crippen molar-refractivity contribution in [1.82, 2.24) is 10.3 Å². The molecule has 3 nitrogen and oxygen atoms in total. The van der Waals surface area contributed by atoms with Crippen LogP contribution < -0.4 is 5.32 Å². The topological polar surface area (TPSA) is 38.1 Å². The Kier molecular flexibility index (Phi) is 4.68. The first kappa shape index (κ1) is 13.7. The number of halogens is 1. The zero-order chi connectivity index (χ0) is 13.7. The average Bonchev–Trinajstić information content (AvgIpc) is 2.87. The van der Waals surface area contributed by atoms with Crippen LogP contribution in [0, 0.1) is 5.82 Å². The molecule has 1 heterocycles. The van der Waals surface area contributed by atoms with Crippen molar-refractivity contribution in [2.75, 3.05) is 0 Å². The maximum absolute atomic E-state index is 13.5. The van der Waals surface area contributed by atoms with Crippen molar-refractivity contribution in [3.05, 3.63) is 53.5 Å². The third-order valence-electron chi connectivity index (χ3n) is 3.04. The maximum Gasteiger partial charge on any atom is 0.208 e. The summed E-state index contributed by atoms with van der Waals surface area (Å²) >= 11 is 0. The highest BCUT2D eigenvalue weighted by atomic mass is 19.1. The number of nitrogens with zero attached hydrogens (tertiary/aromatic N) is 1. The van der Waals surface area contributed by atoms with Gasteiger partial charge in [0.05, 0.1) is 12.7 Å². The van der Waals surface area contributed by atoms with Crippen molar-refractivity contribution in [3.63, 3.8) is 0 Å². The predicted octanol–water partition coefficient (Wildman–Crippen LogP) is 3.10. The molecule has 1 unspecified atom stereocenters. The fraction of sp³-hybridized carbons (Fsp3) is 0.400. The third kappa shape index (κ3) is 3.89. The molecule has 102 valence electrons. The summed E-state index contributed by atoms with van der Waals surface area (Å²) in [5.41, 5.74) is 0.726. The summed E-state index contributed by atoms with van der Waals surface area (Å²) in [4.78, 5) is 4.18. The molecule has 0 radical (unpaired) electrons. The lowest BCUT2D eigenvalue weighted by Crippen LogP contribution is -2.28. The number of rotatable bonds is 6. The van der Waals surface area contributed by atoms with E-state index in [4.69, 9.17) is 4.42 Å². The summed E-state index contributed by atoms with van der Waals surface area (Å²) in [6, 6.07) is 7.02. The Morgan fingerprint density at radius 2 is 2.16 bits per heavy atom. The van der Waals surface area contributed by atoms with E-state index in [9.17, 15) is 4.39 Å². The molecule has 2 aromatic rings. The first-order valence-corrected chi connectivity index (χ1v) is 6.59. The number of nitrogens with one attached hydrogen (secondary N) is 1. The minimum Gasteiger partial charge on any atom is -0.444 e. The Balaban J connectivity index is 1.84. The molecule has 2 rings (SSSR count). The van der Waals surface area contributed by atoms with Gasteiger partial charge < -0.3 is 9.73 Å². The first-order chi connectivity index (χ1) is 9.19. The van der Waals surface area contributed by atoms with E-state index >= 15 is 0 Å². The number of oxazole rings is 1. The molecular formula is C15H19FN2O. The maximum atomic E-state index is 13.5. The second-order valence-electron chi connectivity index (χ2n) is 4.65. The highest BCUT2D eigenvalue weighted by molar-refractivity contribution is 5.18. The highest BCUT2D eigenvalue weighted by Gasteiger charge is 2.08. The van der Waals surface area contributed by atoms with E-state index in [0.29, 0.717) is 18.9 Å². The van der Waals surface area contributed by atoms with Crippen LogP contribution in [0.2, 0.25) is 0 Å². The second-order valence-corrected chi connectivity index (χ2v) is 4.65. The third-order valence-corrected chi connectivity index (χ3v) is 3.04. The van der Waals surface area contributed by atoms with Gasteiger partial charge in [-0.3, -0.25) is 0 Å². The molecule has 0 aliphatic carbocycles. The van der Waals surface area contributed by atoms with Crippen molar-refractivity contribution < 1.29 is 8.81 Å². The Morgan fingerprint density at radius 3 is 2.84 bits per heavy atom. The molecule has 0 spiro atoms. The van der Waals surface area contributed by atoms with E-state index in [0.717, 1.165) is 17.7 Å². The SMILES string of the molecule is CCc1cnc(CNC(C)Cc2ccccc2F)o1. The van der Waals surface area contributed by atoms with Crippen LogP contribution in [-0.2, 0) is 19.4 Å². The number of hydrogen-bond acceptors (Lipinski definition) is 3. The first-order valence-electron chi connectivity index (χ1n) is 6.59. The molecule has 1 atom stereocenters. The van der Waals surface area contributed by atoms with Crippen LogP contribution in [0.4, 0.5) is 4.39 Å². The lowest BCUT2D eigenvalue weighted by Gasteiger charge is -2.12. The summed E-state index contributed by atoms with van der Waals surface area (Å²) in [5, 5.41) is 3.29. The van der Waals surface area contributed by atoms with Crippen LogP contribution in [0.3, 0.4) is 0 Å². The lowest BCUT2D eigenvalue weighted by atomic mass is 10.1. The minimum atomic E-state index is -0.152. The molecule has 0 aliphatic rings. The van der Waals surface area contributed by atoms with Crippen LogP contribution in [-0.4, -0.2) is 11.0 Å². The van der Waals surface area contributed by atoms with Crippen molar-refractivity contribution >= 4 is 0 Å². The van der Waals surface area contributed by atoms with Crippen molar-refractivity contribution in [3.8, 4) is 0 Å². The van der Waals surface area contributed by atoms with Crippen molar-refractivity contribution in [1.29, 1.82) is 0 Å². The molecule has 4 heteroatoms. The van der Waals surface area contributed by atoms with Gasteiger partial charge in [0, 0.05) is 12.5 Å². The number of aryl methyl sites for hydroxylation is 1. The zero-order valence-electron chi connectivity index (χ0n) is 11.3. The van der Waals surface area contributed by atoms with Crippen molar-refractivity contribution in [2.45, 2.75) is 39.3 Å². The largest absolute Gasteiger partial charge is 0.444 e. The standard InChI is InChI=1S/C15H19FN2O/c1-3-13-9-18-15(19-13)10-17-11(2)8-12-6-4-5-7-14(12)16/h4-7,9,11,17H,3,8,10H2,1-2H3. The van der Waals surface area contributed by atoms with E-state index in [1.807, 2.05) is 26.0 Å². The fourth-order valence-electron chi connectivity index (χ4n) is 1.92. The summed E-state index contributed by atoms with van der Waals surface area (Å²) < 4.78 is 19.0. The lowest BCUT2D eigenvalue weighted by molar-refractivity contribution is 0.418. The molecule has 0 fully saturated rings. The molecule has 0 saturated carbocycles. The van der Waals surface area contributed by atoms with Crippen LogP contribution in [0.5, 0.6) is 0 Å². The smallest absolute Gasteiger partial charge is 0.208 e. The molecule has 0 amide bonds. The summed E-state index contributed by atoms with van der Waals surface area (Å²) in [7, 11) is 0. The average molecular weight is 262 g/mol. The normalized spacial score (nSPS) is 12.6. The molecular weight excluding hydrogens is 243 g/mol. The van der Waals surface area contributed by atoms with Gasteiger partial charge >= 0.3 is 0 Å². The summed E-state index contributed by atoms with van der Waals surface area (Å²) in [5.74, 6) is 1.41. The number of benzene rings is 1. The molecule has 19 heavy (non-hydrogen) atoms. The van der Waals surface area contributed by atoms with Crippen LogP contribution >= 0.6 is 0 Å². The van der Waals surface area contributed by atoms with Gasteiger partial charge in [-0.2, -0.15) is 0 Å². The minimum absolute atomic E-state index is 0.152. The Labute approximate surface area is 112 Å². The van der Waals surface area contributed by atoms with Crippen LogP contribution in [0.15, 0.2) is 34.9 Å². The van der Waals surface area contributed by atoms with E-state index < -0.39 is 0 Å². The zero-order valence-corrected chi connectivity index (χ0v) is 11.3. The predicted molar refractivity (Wildman–Crippen MR) is 72.3 cm³/mol. The molecule has 0 aliphatic heterocycles. The molecule has 1 N–H and O–H groups in total. The van der Waals surface area contributed by atoms with Gasteiger partial charge in [-0.15, -0.1) is 0 Å². The van der Waals surface area contributed by atoms with E-state index in [1.165, 1.54) is 6.07 Å².